The lowest BCUT2D eigenvalue weighted by Gasteiger charge is -2.31. The molecule has 0 unspecified atom stereocenters. The van der Waals surface area contributed by atoms with E-state index in [1.807, 2.05) is 27.7 Å². The summed E-state index contributed by atoms with van der Waals surface area (Å²) in [4.78, 5) is 48.3. The first-order chi connectivity index (χ1) is 12.3. The van der Waals surface area contributed by atoms with Crippen LogP contribution in [0.25, 0.3) is 0 Å². The van der Waals surface area contributed by atoms with Gasteiger partial charge in [0.1, 0.15) is 0 Å². The summed E-state index contributed by atoms with van der Waals surface area (Å²) >= 11 is 0. The van der Waals surface area contributed by atoms with Crippen LogP contribution in [0.4, 0.5) is 5.69 Å². The molecule has 0 spiro atoms. The van der Waals surface area contributed by atoms with Crippen molar-refractivity contribution < 1.29 is 14.4 Å². The smallest absolute Gasteiger partial charge is 0.286 e. The molecule has 26 heavy (non-hydrogen) atoms. The fourth-order valence-electron chi connectivity index (χ4n) is 3.16. The Balaban J connectivity index is 1.88. The van der Waals surface area contributed by atoms with Gasteiger partial charge in [0.15, 0.2) is 11.4 Å². The van der Waals surface area contributed by atoms with Gasteiger partial charge in [-0.2, -0.15) is 0 Å². The van der Waals surface area contributed by atoms with E-state index in [2.05, 4.69) is 9.97 Å². The Hall–Kier alpha value is -3.09. The Morgan fingerprint density at radius 1 is 0.885 bits per heavy atom. The van der Waals surface area contributed by atoms with Crippen molar-refractivity contribution in [2.75, 3.05) is 4.90 Å². The molecule has 2 heterocycles. The molecular formula is C19H20N4O3. The van der Waals surface area contributed by atoms with Crippen molar-refractivity contribution in [2.24, 2.45) is 0 Å². The lowest BCUT2D eigenvalue weighted by atomic mass is 10.1. The van der Waals surface area contributed by atoms with Gasteiger partial charge in [-0.15, -0.1) is 0 Å². The van der Waals surface area contributed by atoms with E-state index in [1.165, 1.54) is 12.4 Å². The van der Waals surface area contributed by atoms with Crippen LogP contribution in [0.3, 0.4) is 0 Å². The topological polar surface area (TPSA) is 83.5 Å². The van der Waals surface area contributed by atoms with Gasteiger partial charge in [0.05, 0.1) is 5.69 Å². The Labute approximate surface area is 151 Å². The standard InChI is InChI=1S/C19H20N4O3/c1-11(2)22(12(3)4)17(24)13-5-7-14(8-6-13)23-18(25)15-16(19(23)26)21-10-9-20-15/h5-12H,1-4H3. The third-order valence-electron chi connectivity index (χ3n) is 4.23. The van der Waals surface area contributed by atoms with E-state index in [0.29, 0.717) is 11.3 Å². The molecule has 0 saturated carbocycles. The van der Waals surface area contributed by atoms with Crippen molar-refractivity contribution in [3.05, 3.63) is 53.6 Å². The molecule has 2 aromatic rings. The van der Waals surface area contributed by atoms with Gasteiger partial charge in [-0.25, -0.2) is 14.9 Å². The molecule has 0 saturated heterocycles. The summed E-state index contributed by atoms with van der Waals surface area (Å²) < 4.78 is 0. The highest BCUT2D eigenvalue weighted by Crippen LogP contribution is 2.26. The number of benzene rings is 1. The van der Waals surface area contributed by atoms with E-state index in [4.69, 9.17) is 0 Å². The minimum Gasteiger partial charge on any atom is -0.334 e. The Morgan fingerprint density at radius 3 is 1.77 bits per heavy atom. The number of aromatic nitrogens is 2. The SMILES string of the molecule is CC(C)N(C(=O)c1ccc(N2C(=O)c3nccnc3C2=O)cc1)C(C)C. The zero-order valence-electron chi connectivity index (χ0n) is 15.1. The first kappa shape index (κ1) is 17.7. The fraction of sp³-hybridized carbons (Fsp3) is 0.316. The molecule has 3 amide bonds. The van der Waals surface area contributed by atoms with Gasteiger partial charge in [0.25, 0.3) is 17.7 Å². The second kappa shape index (κ2) is 6.67. The van der Waals surface area contributed by atoms with Gasteiger partial charge in [-0.3, -0.25) is 14.4 Å². The first-order valence-corrected chi connectivity index (χ1v) is 8.45. The molecule has 0 radical (unpaired) electrons. The molecule has 3 rings (SSSR count). The van der Waals surface area contributed by atoms with Gasteiger partial charge >= 0.3 is 0 Å². The van der Waals surface area contributed by atoms with Crippen LogP contribution in [0.1, 0.15) is 59.0 Å². The van der Waals surface area contributed by atoms with Crippen molar-refractivity contribution >= 4 is 23.4 Å². The average Bonchev–Trinajstić information content (AvgIpc) is 2.86. The predicted octanol–water partition coefficient (Wildman–Crippen LogP) is 2.54. The van der Waals surface area contributed by atoms with Crippen LogP contribution in [-0.4, -0.2) is 44.7 Å². The Kier molecular flexibility index (Phi) is 4.54. The largest absolute Gasteiger partial charge is 0.334 e. The normalized spacial score (nSPS) is 13.5. The molecule has 1 aliphatic heterocycles. The summed E-state index contributed by atoms with van der Waals surface area (Å²) in [7, 11) is 0. The van der Waals surface area contributed by atoms with E-state index in [1.54, 1.807) is 29.2 Å². The third kappa shape index (κ3) is 2.85. The van der Waals surface area contributed by atoms with Gasteiger partial charge in [0.2, 0.25) is 0 Å². The van der Waals surface area contributed by atoms with E-state index in [0.717, 1.165) is 4.90 Å². The lowest BCUT2D eigenvalue weighted by molar-refractivity contribution is 0.0643. The number of fused-ring (bicyclic) bond motifs is 1. The van der Waals surface area contributed by atoms with Crippen molar-refractivity contribution in [3.63, 3.8) is 0 Å². The lowest BCUT2D eigenvalue weighted by Crippen LogP contribution is -2.42. The molecule has 7 heteroatoms. The summed E-state index contributed by atoms with van der Waals surface area (Å²) in [5.74, 6) is -1.11. The summed E-state index contributed by atoms with van der Waals surface area (Å²) in [5, 5.41) is 0. The first-order valence-electron chi connectivity index (χ1n) is 8.45. The second-order valence-electron chi connectivity index (χ2n) is 6.65. The van der Waals surface area contributed by atoms with E-state index in [-0.39, 0.29) is 29.4 Å². The summed E-state index contributed by atoms with van der Waals surface area (Å²) in [6, 6.07) is 6.56. The minimum atomic E-state index is -0.511. The molecule has 1 aromatic heterocycles. The maximum atomic E-state index is 12.7. The van der Waals surface area contributed by atoms with Crippen molar-refractivity contribution in [1.29, 1.82) is 0 Å². The van der Waals surface area contributed by atoms with E-state index in [9.17, 15) is 14.4 Å². The number of nitrogens with zero attached hydrogens (tertiary/aromatic N) is 4. The fourth-order valence-corrected chi connectivity index (χ4v) is 3.16. The number of carbonyl (C=O) groups excluding carboxylic acids is 3. The molecule has 1 aromatic carbocycles. The predicted molar refractivity (Wildman–Crippen MR) is 96.1 cm³/mol. The van der Waals surface area contributed by atoms with Gasteiger partial charge in [0, 0.05) is 30.0 Å². The molecule has 0 aliphatic carbocycles. The summed E-state index contributed by atoms with van der Waals surface area (Å²) in [6.45, 7) is 7.85. The van der Waals surface area contributed by atoms with Gasteiger partial charge < -0.3 is 4.90 Å². The molecule has 0 fully saturated rings. The molecule has 0 N–H and O–H groups in total. The van der Waals surface area contributed by atoms with Crippen LogP contribution in [-0.2, 0) is 0 Å². The zero-order valence-corrected chi connectivity index (χ0v) is 15.1. The maximum Gasteiger partial charge on any atom is 0.286 e. The second-order valence-corrected chi connectivity index (χ2v) is 6.65. The molecule has 0 bridgehead atoms. The Bertz CT molecular complexity index is 832. The number of rotatable bonds is 4. The van der Waals surface area contributed by atoms with Crippen LogP contribution < -0.4 is 4.90 Å². The Morgan fingerprint density at radius 2 is 1.35 bits per heavy atom. The highest BCUT2D eigenvalue weighted by molar-refractivity contribution is 6.33. The van der Waals surface area contributed by atoms with Crippen molar-refractivity contribution in [1.82, 2.24) is 14.9 Å². The van der Waals surface area contributed by atoms with Crippen LogP contribution in [0.5, 0.6) is 0 Å². The highest BCUT2D eigenvalue weighted by atomic mass is 16.2. The maximum absolute atomic E-state index is 12.7. The van der Waals surface area contributed by atoms with E-state index >= 15 is 0 Å². The number of carbonyl (C=O) groups is 3. The monoisotopic (exact) mass is 352 g/mol. The van der Waals surface area contributed by atoms with Crippen LogP contribution in [0.15, 0.2) is 36.7 Å². The molecular weight excluding hydrogens is 332 g/mol. The van der Waals surface area contributed by atoms with E-state index < -0.39 is 11.8 Å². The third-order valence-corrected chi connectivity index (χ3v) is 4.23. The summed E-state index contributed by atoms with van der Waals surface area (Å²) in [5.41, 5.74) is 0.980. The van der Waals surface area contributed by atoms with Crippen molar-refractivity contribution in [2.45, 2.75) is 39.8 Å². The van der Waals surface area contributed by atoms with Crippen LogP contribution in [0.2, 0.25) is 0 Å². The van der Waals surface area contributed by atoms with Crippen LogP contribution in [0, 0.1) is 0 Å². The van der Waals surface area contributed by atoms with Crippen molar-refractivity contribution in [3.8, 4) is 0 Å². The number of anilines is 1. The molecule has 1 aliphatic rings. The molecule has 0 atom stereocenters. The zero-order chi connectivity index (χ0) is 19.0. The number of imide groups is 1. The van der Waals surface area contributed by atoms with Crippen LogP contribution >= 0.6 is 0 Å². The number of hydrogen-bond donors (Lipinski definition) is 0. The minimum absolute atomic E-state index is 0.0449. The molecule has 134 valence electrons. The number of hydrogen-bond acceptors (Lipinski definition) is 5. The van der Waals surface area contributed by atoms with Gasteiger partial charge in [-0.05, 0) is 52.0 Å². The average molecular weight is 352 g/mol. The van der Waals surface area contributed by atoms with Gasteiger partial charge in [-0.1, -0.05) is 0 Å². The number of amides is 3. The summed E-state index contributed by atoms with van der Waals surface area (Å²) in [6.07, 6.45) is 2.75. The quantitative estimate of drug-likeness (QED) is 0.790. The highest BCUT2D eigenvalue weighted by Gasteiger charge is 2.39. The molecule has 7 nitrogen and oxygen atoms in total.